The molecule has 0 aliphatic heterocycles. The Hall–Kier alpha value is -5.46. The predicted molar refractivity (Wildman–Crippen MR) is 235 cm³/mol. The molecule has 7 aromatic rings. The van der Waals surface area contributed by atoms with E-state index >= 15 is 0 Å². The number of rotatable bonds is 0. The van der Waals surface area contributed by atoms with Gasteiger partial charge in [-0.15, -0.1) is 0 Å². The average molecular weight is 705 g/mol. The van der Waals surface area contributed by atoms with Gasteiger partial charge >= 0.3 is 0 Å². The summed E-state index contributed by atoms with van der Waals surface area (Å²) in [7, 11) is 0. The first-order chi connectivity index (χ1) is 26.8. The Labute approximate surface area is 325 Å². The van der Waals surface area contributed by atoms with E-state index in [2.05, 4.69) is 170 Å². The number of fused-ring (bicyclic) bond motifs is 16. The van der Waals surface area contributed by atoms with Crippen molar-refractivity contribution in [1.82, 2.24) is 0 Å². The van der Waals surface area contributed by atoms with Gasteiger partial charge in [-0.2, -0.15) is 0 Å². The molecular weight excluding hydrogens is 649 g/mol. The summed E-state index contributed by atoms with van der Waals surface area (Å²) < 4.78 is 0. The van der Waals surface area contributed by atoms with Crippen LogP contribution < -0.4 is 0 Å². The highest BCUT2D eigenvalue weighted by Gasteiger charge is 2.51. The molecule has 0 aromatic heterocycles. The zero-order chi connectivity index (χ0) is 38.3. The van der Waals surface area contributed by atoms with Gasteiger partial charge in [0.15, 0.2) is 0 Å². The fraction of sp³-hybridized carbons (Fsp3) is 0.222. The molecule has 0 radical (unpaired) electrons. The Kier molecular flexibility index (Phi) is 11.8. The van der Waals surface area contributed by atoms with E-state index in [1.165, 1.54) is 77.9 Å². The van der Waals surface area contributed by atoms with Crippen molar-refractivity contribution >= 4 is 0 Å². The van der Waals surface area contributed by atoms with E-state index < -0.39 is 0 Å². The van der Waals surface area contributed by atoms with E-state index in [9.17, 15) is 0 Å². The lowest BCUT2D eigenvalue weighted by molar-refractivity contribution is 0.563. The molecule has 0 saturated carbocycles. The summed E-state index contributed by atoms with van der Waals surface area (Å²) in [5, 5.41) is 0. The van der Waals surface area contributed by atoms with Crippen molar-refractivity contribution in [3.63, 3.8) is 0 Å². The molecule has 272 valence electrons. The van der Waals surface area contributed by atoms with Crippen LogP contribution >= 0.6 is 0 Å². The highest BCUT2D eigenvalue weighted by atomic mass is 14.5. The van der Waals surface area contributed by atoms with Crippen LogP contribution in [0.15, 0.2) is 170 Å². The summed E-state index contributed by atoms with van der Waals surface area (Å²) in [5.41, 5.74) is 20.0. The summed E-state index contributed by atoms with van der Waals surface area (Å²) in [6, 6.07) is 62.5. The van der Waals surface area contributed by atoms with E-state index in [0.717, 1.165) is 12.8 Å². The third kappa shape index (κ3) is 5.75. The maximum absolute atomic E-state index is 2.33. The second-order valence-corrected chi connectivity index (χ2v) is 13.2. The van der Waals surface area contributed by atoms with Gasteiger partial charge in [-0.3, -0.25) is 0 Å². The summed E-state index contributed by atoms with van der Waals surface area (Å²) in [5.74, 6) is 0. The van der Waals surface area contributed by atoms with Gasteiger partial charge in [0.25, 0.3) is 0 Å². The maximum Gasteiger partial charge on any atom is 0.0725 e. The molecular formula is C54H56. The number of hydrogen-bond donors (Lipinski definition) is 0. The first kappa shape index (κ1) is 38.3. The quantitative estimate of drug-likeness (QED) is 0.147. The number of benzene rings is 7. The topological polar surface area (TPSA) is 0 Å². The maximum atomic E-state index is 2.33. The fourth-order valence-corrected chi connectivity index (χ4v) is 9.46. The summed E-state index contributed by atoms with van der Waals surface area (Å²) in [6.07, 6.45) is 2.27. The molecule has 0 heteroatoms. The smallest absolute Gasteiger partial charge is 0.0683 e. The average Bonchev–Trinajstić information content (AvgIpc) is 3.99. The van der Waals surface area contributed by atoms with Crippen molar-refractivity contribution < 1.29 is 0 Å². The van der Waals surface area contributed by atoms with Gasteiger partial charge in [-0.1, -0.05) is 225 Å². The molecule has 4 aliphatic carbocycles. The van der Waals surface area contributed by atoms with E-state index in [0.29, 0.717) is 0 Å². The lowest BCUT2D eigenvalue weighted by Gasteiger charge is -2.30. The van der Waals surface area contributed by atoms with Crippen molar-refractivity contribution in [2.75, 3.05) is 0 Å². The van der Waals surface area contributed by atoms with Crippen molar-refractivity contribution in [1.29, 1.82) is 0 Å². The van der Waals surface area contributed by atoms with Crippen LogP contribution in [0, 0.1) is 0 Å². The van der Waals surface area contributed by atoms with Gasteiger partial charge < -0.3 is 0 Å². The van der Waals surface area contributed by atoms with Crippen molar-refractivity contribution in [3.05, 3.63) is 214 Å². The SMILES string of the molecule is CC.CC.CC.CC.c1ccc2c(c1)-c1ccccc1C21c2ccccc2-c2ccccc21.c1ccc2c(c1)CC1(C2)c2ccccc2-c2ccccc21. The van der Waals surface area contributed by atoms with Crippen LogP contribution in [-0.2, 0) is 23.7 Å². The zero-order valence-electron chi connectivity index (χ0n) is 33.6. The molecule has 54 heavy (non-hydrogen) atoms. The molecule has 7 aromatic carbocycles. The Morgan fingerprint density at radius 2 is 0.463 bits per heavy atom. The lowest BCUT2D eigenvalue weighted by Crippen LogP contribution is -2.25. The lowest BCUT2D eigenvalue weighted by atomic mass is 9.70. The molecule has 11 rings (SSSR count). The highest BCUT2D eigenvalue weighted by molar-refractivity contribution is 5.94. The molecule has 0 saturated heterocycles. The Bertz CT molecular complexity index is 2080. The molecule has 0 bridgehead atoms. The van der Waals surface area contributed by atoms with Crippen LogP contribution in [0.4, 0.5) is 0 Å². The van der Waals surface area contributed by atoms with Gasteiger partial charge in [0.2, 0.25) is 0 Å². The molecule has 0 nitrogen and oxygen atoms in total. The number of hydrogen-bond acceptors (Lipinski definition) is 0. The molecule has 0 fully saturated rings. The first-order valence-corrected chi connectivity index (χ1v) is 20.5. The van der Waals surface area contributed by atoms with Gasteiger partial charge in [-0.05, 0) is 90.7 Å². The molecule has 0 amide bonds. The Balaban J connectivity index is 0.000000158. The molecule has 0 unspecified atom stereocenters. The Morgan fingerprint density at radius 3 is 0.741 bits per heavy atom. The van der Waals surface area contributed by atoms with E-state index in [-0.39, 0.29) is 10.8 Å². The van der Waals surface area contributed by atoms with Crippen LogP contribution in [0.25, 0.3) is 33.4 Å². The van der Waals surface area contributed by atoms with Gasteiger partial charge in [0.1, 0.15) is 0 Å². The zero-order valence-corrected chi connectivity index (χ0v) is 33.6. The summed E-state index contributed by atoms with van der Waals surface area (Å²) >= 11 is 0. The minimum atomic E-state index is -0.180. The van der Waals surface area contributed by atoms with E-state index in [1.807, 2.05) is 55.4 Å². The minimum absolute atomic E-state index is 0.164. The molecule has 0 heterocycles. The standard InChI is InChI=1S/C25H16.C21H16.4C2H6/c1-5-13-21-17(9-1)18-10-2-6-14-22(18)25(21)23-15-7-3-11-19(23)20-12-4-8-16-24(20)25;1-2-8-16-14-21(13-15(16)7-1)19-11-5-3-9-17(19)18-10-4-6-12-20(18)21;4*1-2/h1-16H;1-12H,13-14H2;4*1-2H3. The van der Waals surface area contributed by atoms with Crippen molar-refractivity contribution in [3.8, 4) is 33.4 Å². The van der Waals surface area contributed by atoms with Crippen LogP contribution in [-0.4, -0.2) is 0 Å². The Morgan fingerprint density at radius 1 is 0.259 bits per heavy atom. The molecule has 2 spiro atoms. The summed E-state index contributed by atoms with van der Waals surface area (Å²) in [6.45, 7) is 16.0. The molecule has 0 atom stereocenters. The van der Waals surface area contributed by atoms with Crippen LogP contribution in [0.3, 0.4) is 0 Å². The van der Waals surface area contributed by atoms with Crippen LogP contribution in [0.2, 0.25) is 0 Å². The third-order valence-corrected chi connectivity index (χ3v) is 11.2. The van der Waals surface area contributed by atoms with Crippen LogP contribution in [0.1, 0.15) is 99.9 Å². The monoisotopic (exact) mass is 704 g/mol. The predicted octanol–water partition coefficient (Wildman–Crippen LogP) is 14.9. The van der Waals surface area contributed by atoms with Gasteiger partial charge in [0, 0.05) is 5.41 Å². The van der Waals surface area contributed by atoms with E-state index in [1.54, 1.807) is 0 Å². The van der Waals surface area contributed by atoms with E-state index in [4.69, 9.17) is 0 Å². The van der Waals surface area contributed by atoms with Crippen molar-refractivity contribution in [2.24, 2.45) is 0 Å². The normalized spacial score (nSPS) is 13.7. The summed E-state index contributed by atoms with van der Waals surface area (Å²) in [4.78, 5) is 0. The third-order valence-electron chi connectivity index (χ3n) is 11.2. The van der Waals surface area contributed by atoms with Gasteiger partial charge in [-0.25, -0.2) is 0 Å². The minimum Gasteiger partial charge on any atom is -0.0683 e. The largest absolute Gasteiger partial charge is 0.0725 e. The highest BCUT2D eigenvalue weighted by Crippen LogP contribution is 2.62. The molecule has 4 aliphatic rings. The fourth-order valence-electron chi connectivity index (χ4n) is 9.46. The van der Waals surface area contributed by atoms with Gasteiger partial charge in [0.05, 0.1) is 5.41 Å². The van der Waals surface area contributed by atoms with Crippen LogP contribution in [0.5, 0.6) is 0 Å². The second kappa shape index (κ2) is 16.7. The molecule has 0 N–H and O–H groups in total. The first-order valence-electron chi connectivity index (χ1n) is 20.5. The van der Waals surface area contributed by atoms with Crippen molar-refractivity contribution in [2.45, 2.75) is 79.1 Å². The second-order valence-electron chi connectivity index (χ2n) is 13.2.